The van der Waals surface area contributed by atoms with Crippen molar-refractivity contribution in [1.29, 1.82) is 0 Å². The van der Waals surface area contributed by atoms with E-state index in [4.69, 9.17) is 0 Å². The minimum Gasteiger partial charge on any atom is -0.261 e. The summed E-state index contributed by atoms with van der Waals surface area (Å²) in [7, 11) is 0. The lowest BCUT2D eigenvalue weighted by atomic mass is 9.97. The van der Waals surface area contributed by atoms with Gasteiger partial charge in [0, 0.05) is 17.5 Å². The molecule has 0 spiro atoms. The Morgan fingerprint density at radius 2 is 2.00 bits per heavy atom. The van der Waals surface area contributed by atoms with Crippen LogP contribution in [0, 0.1) is 6.92 Å². The fraction of sp³-hybridized carbons (Fsp3) is 0.133. The SMILES string of the molecule is Cc1cc2c(cn1)C=CCc1ccccc1-2. The van der Waals surface area contributed by atoms with Crippen LogP contribution in [0.25, 0.3) is 17.2 Å². The van der Waals surface area contributed by atoms with Crippen LogP contribution in [-0.2, 0) is 6.42 Å². The highest BCUT2D eigenvalue weighted by atomic mass is 14.7. The maximum atomic E-state index is 4.36. The lowest BCUT2D eigenvalue weighted by molar-refractivity contribution is 1.20. The molecule has 0 N–H and O–H groups in total. The molecule has 0 saturated carbocycles. The van der Waals surface area contributed by atoms with E-state index in [1.54, 1.807) is 0 Å². The third-order valence-corrected chi connectivity index (χ3v) is 3.01. The van der Waals surface area contributed by atoms with Gasteiger partial charge >= 0.3 is 0 Å². The summed E-state index contributed by atoms with van der Waals surface area (Å²) in [6.45, 7) is 2.04. The number of aromatic nitrogens is 1. The summed E-state index contributed by atoms with van der Waals surface area (Å²) in [5.41, 5.74) is 6.33. The first-order valence-electron chi connectivity index (χ1n) is 5.56. The van der Waals surface area contributed by atoms with Gasteiger partial charge in [0.25, 0.3) is 0 Å². The van der Waals surface area contributed by atoms with Gasteiger partial charge in [-0.05, 0) is 36.1 Å². The molecule has 3 rings (SSSR count). The van der Waals surface area contributed by atoms with Crippen molar-refractivity contribution in [3.63, 3.8) is 0 Å². The van der Waals surface area contributed by atoms with Crippen LogP contribution < -0.4 is 0 Å². The Kier molecular flexibility index (Phi) is 2.10. The maximum Gasteiger partial charge on any atom is 0.0379 e. The molecule has 1 nitrogen and oxygen atoms in total. The van der Waals surface area contributed by atoms with Gasteiger partial charge in [-0.25, -0.2) is 0 Å². The molecule has 16 heavy (non-hydrogen) atoms. The summed E-state index contributed by atoms with van der Waals surface area (Å²) in [6, 6.07) is 10.8. The fourth-order valence-corrected chi connectivity index (χ4v) is 2.21. The molecule has 1 heteroatoms. The van der Waals surface area contributed by atoms with Crippen LogP contribution in [0.1, 0.15) is 16.8 Å². The fourth-order valence-electron chi connectivity index (χ4n) is 2.21. The number of fused-ring (bicyclic) bond motifs is 3. The highest BCUT2D eigenvalue weighted by molar-refractivity contribution is 5.79. The van der Waals surface area contributed by atoms with E-state index in [0.29, 0.717) is 0 Å². The largest absolute Gasteiger partial charge is 0.261 e. The molecule has 1 aromatic heterocycles. The zero-order chi connectivity index (χ0) is 11.0. The van der Waals surface area contributed by atoms with Crippen LogP contribution in [0.15, 0.2) is 42.6 Å². The van der Waals surface area contributed by atoms with E-state index in [1.807, 2.05) is 13.1 Å². The predicted molar refractivity (Wildman–Crippen MR) is 67.1 cm³/mol. The minimum atomic E-state index is 1.00. The van der Waals surface area contributed by atoms with Crippen LogP contribution in [0.2, 0.25) is 0 Å². The molecule has 1 heterocycles. The predicted octanol–water partition coefficient (Wildman–Crippen LogP) is 3.63. The number of rotatable bonds is 0. The Balaban J connectivity index is 2.33. The molecular formula is C15H13N. The van der Waals surface area contributed by atoms with Crippen molar-refractivity contribution in [2.45, 2.75) is 13.3 Å². The zero-order valence-electron chi connectivity index (χ0n) is 9.27. The molecule has 0 radical (unpaired) electrons. The molecule has 0 saturated heterocycles. The van der Waals surface area contributed by atoms with Crippen LogP contribution in [0.4, 0.5) is 0 Å². The number of nitrogens with zero attached hydrogens (tertiary/aromatic N) is 1. The quantitative estimate of drug-likeness (QED) is 0.643. The summed E-state index contributed by atoms with van der Waals surface area (Å²) in [4.78, 5) is 4.36. The van der Waals surface area contributed by atoms with Gasteiger partial charge in [-0.15, -0.1) is 0 Å². The molecule has 1 aromatic carbocycles. The number of allylic oxidation sites excluding steroid dienone is 1. The Morgan fingerprint density at radius 3 is 2.94 bits per heavy atom. The molecular weight excluding hydrogens is 194 g/mol. The first-order valence-corrected chi connectivity index (χ1v) is 5.56. The van der Waals surface area contributed by atoms with Crippen LogP contribution in [0.3, 0.4) is 0 Å². The first kappa shape index (κ1) is 9.34. The maximum absolute atomic E-state index is 4.36. The number of benzene rings is 1. The zero-order valence-corrected chi connectivity index (χ0v) is 9.27. The molecule has 0 fully saturated rings. The van der Waals surface area contributed by atoms with Crippen molar-refractivity contribution in [3.8, 4) is 11.1 Å². The van der Waals surface area contributed by atoms with Gasteiger partial charge in [-0.3, -0.25) is 4.98 Å². The van der Waals surface area contributed by atoms with Gasteiger partial charge in [-0.2, -0.15) is 0 Å². The summed E-state index contributed by atoms with van der Waals surface area (Å²) in [5.74, 6) is 0. The third-order valence-electron chi connectivity index (χ3n) is 3.01. The van der Waals surface area contributed by atoms with E-state index in [2.05, 4.69) is 47.5 Å². The molecule has 0 aliphatic heterocycles. The van der Waals surface area contributed by atoms with Gasteiger partial charge in [0.2, 0.25) is 0 Å². The number of hydrogen-bond acceptors (Lipinski definition) is 1. The Hall–Kier alpha value is -1.89. The lowest BCUT2D eigenvalue weighted by Crippen LogP contribution is -1.90. The molecule has 78 valence electrons. The molecule has 0 atom stereocenters. The van der Waals surface area contributed by atoms with Gasteiger partial charge in [0.05, 0.1) is 0 Å². The average molecular weight is 207 g/mol. The summed E-state index contributed by atoms with van der Waals surface area (Å²) in [6.07, 6.45) is 7.34. The van der Waals surface area contributed by atoms with Crippen LogP contribution >= 0.6 is 0 Å². The van der Waals surface area contributed by atoms with Crippen LogP contribution in [0.5, 0.6) is 0 Å². The molecule has 0 bridgehead atoms. The van der Waals surface area contributed by atoms with E-state index in [1.165, 1.54) is 22.3 Å². The highest BCUT2D eigenvalue weighted by Gasteiger charge is 2.10. The van der Waals surface area contributed by atoms with E-state index < -0.39 is 0 Å². The second kappa shape index (κ2) is 3.60. The number of hydrogen-bond donors (Lipinski definition) is 0. The smallest absolute Gasteiger partial charge is 0.0379 e. The van der Waals surface area contributed by atoms with Crippen molar-refractivity contribution >= 4 is 6.08 Å². The molecule has 1 aliphatic rings. The number of aryl methyl sites for hydroxylation is 1. The van der Waals surface area contributed by atoms with Crippen molar-refractivity contribution in [1.82, 2.24) is 4.98 Å². The second-order valence-corrected chi connectivity index (χ2v) is 4.18. The molecule has 2 aromatic rings. The molecule has 0 amide bonds. The second-order valence-electron chi connectivity index (χ2n) is 4.18. The van der Waals surface area contributed by atoms with Gasteiger partial charge < -0.3 is 0 Å². The van der Waals surface area contributed by atoms with E-state index in [0.717, 1.165) is 12.1 Å². The van der Waals surface area contributed by atoms with Gasteiger partial charge in [-0.1, -0.05) is 36.4 Å². The van der Waals surface area contributed by atoms with Crippen molar-refractivity contribution in [2.75, 3.05) is 0 Å². The summed E-state index contributed by atoms with van der Waals surface area (Å²) >= 11 is 0. The van der Waals surface area contributed by atoms with Gasteiger partial charge in [0.1, 0.15) is 0 Å². The Labute approximate surface area is 95.5 Å². The third kappa shape index (κ3) is 1.45. The van der Waals surface area contributed by atoms with E-state index in [9.17, 15) is 0 Å². The average Bonchev–Trinajstić information content (AvgIpc) is 2.48. The molecule has 0 unspecified atom stereocenters. The van der Waals surface area contributed by atoms with Crippen molar-refractivity contribution in [2.24, 2.45) is 0 Å². The van der Waals surface area contributed by atoms with Crippen molar-refractivity contribution < 1.29 is 0 Å². The lowest BCUT2D eigenvalue weighted by Gasteiger charge is -2.09. The summed E-state index contributed by atoms with van der Waals surface area (Å²) < 4.78 is 0. The van der Waals surface area contributed by atoms with Crippen molar-refractivity contribution in [3.05, 3.63) is 59.4 Å². The monoisotopic (exact) mass is 207 g/mol. The normalized spacial score (nSPS) is 12.8. The highest BCUT2D eigenvalue weighted by Crippen LogP contribution is 2.31. The topological polar surface area (TPSA) is 12.9 Å². The standard InChI is InChI=1S/C15H13N/c1-11-9-15-13(10-16-11)7-4-6-12-5-2-3-8-14(12)15/h2-5,7-10H,6H2,1H3. The van der Waals surface area contributed by atoms with E-state index in [-0.39, 0.29) is 0 Å². The minimum absolute atomic E-state index is 1.00. The number of pyridine rings is 1. The Morgan fingerprint density at radius 1 is 1.12 bits per heavy atom. The van der Waals surface area contributed by atoms with Crippen LogP contribution in [-0.4, -0.2) is 4.98 Å². The summed E-state index contributed by atoms with van der Waals surface area (Å²) in [5, 5.41) is 0. The Bertz CT molecular complexity index is 567. The van der Waals surface area contributed by atoms with E-state index >= 15 is 0 Å². The first-order chi connectivity index (χ1) is 7.84. The molecule has 1 aliphatic carbocycles. The van der Waals surface area contributed by atoms with Gasteiger partial charge in [0.15, 0.2) is 0 Å².